The fraction of sp³-hybridized carbons (Fsp3) is 0.700. The normalized spacial score (nSPS) is 44.8. The second-order valence-corrected chi connectivity index (χ2v) is 8.35. The SMILES string of the molecule is C=C1C(=O)O[C@@H]2C[C@](C)(O)[C@@H](O)C[C@H]3O[C@]3(C)C[C@@H](OC(=O)/C(C)=C\C)[C@@H]12. The van der Waals surface area contributed by atoms with Crippen molar-refractivity contribution in [1.82, 2.24) is 0 Å². The van der Waals surface area contributed by atoms with Crippen molar-refractivity contribution in [2.45, 2.75) is 82.6 Å². The van der Waals surface area contributed by atoms with E-state index in [1.807, 2.05) is 6.92 Å². The molecular weight excluding hydrogens is 352 g/mol. The minimum Gasteiger partial charge on any atom is -0.458 e. The van der Waals surface area contributed by atoms with Crippen LogP contribution in [0, 0.1) is 5.92 Å². The molecule has 2 N–H and O–H groups in total. The summed E-state index contributed by atoms with van der Waals surface area (Å²) >= 11 is 0. The first-order valence-corrected chi connectivity index (χ1v) is 9.30. The van der Waals surface area contributed by atoms with Crippen LogP contribution in [-0.4, -0.2) is 57.8 Å². The van der Waals surface area contributed by atoms with Gasteiger partial charge in [0.05, 0.1) is 29.3 Å². The molecule has 0 amide bonds. The molecule has 2 heterocycles. The minimum atomic E-state index is -1.48. The van der Waals surface area contributed by atoms with E-state index in [0.29, 0.717) is 12.0 Å². The molecule has 1 saturated carbocycles. The van der Waals surface area contributed by atoms with Gasteiger partial charge in [0.1, 0.15) is 12.2 Å². The van der Waals surface area contributed by atoms with Gasteiger partial charge in [-0.2, -0.15) is 0 Å². The van der Waals surface area contributed by atoms with Crippen molar-refractivity contribution < 1.29 is 34.0 Å². The van der Waals surface area contributed by atoms with Gasteiger partial charge in [-0.05, 0) is 27.7 Å². The van der Waals surface area contributed by atoms with E-state index < -0.39 is 47.4 Å². The predicted molar refractivity (Wildman–Crippen MR) is 95.6 cm³/mol. The molecule has 0 bridgehead atoms. The van der Waals surface area contributed by atoms with Crippen LogP contribution in [0.5, 0.6) is 0 Å². The molecule has 0 unspecified atom stereocenters. The zero-order chi connectivity index (χ0) is 20.1. The van der Waals surface area contributed by atoms with Crippen molar-refractivity contribution in [3.8, 4) is 0 Å². The summed E-state index contributed by atoms with van der Waals surface area (Å²) in [7, 11) is 0. The Morgan fingerprint density at radius 2 is 2.04 bits per heavy atom. The number of ether oxygens (including phenoxy) is 3. The zero-order valence-corrected chi connectivity index (χ0v) is 16.2. The first-order valence-electron chi connectivity index (χ1n) is 9.30. The van der Waals surface area contributed by atoms with Gasteiger partial charge in [-0.1, -0.05) is 12.7 Å². The Balaban J connectivity index is 1.96. The monoisotopic (exact) mass is 380 g/mol. The summed E-state index contributed by atoms with van der Waals surface area (Å²) in [6.45, 7) is 10.6. The van der Waals surface area contributed by atoms with Crippen LogP contribution in [0.3, 0.4) is 0 Å². The largest absolute Gasteiger partial charge is 0.458 e. The van der Waals surface area contributed by atoms with Crippen molar-refractivity contribution in [3.63, 3.8) is 0 Å². The lowest BCUT2D eigenvalue weighted by atomic mass is 9.77. The number of hydrogen-bond acceptors (Lipinski definition) is 7. The third-order valence-electron chi connectivity index (χ3n) is 6.15. The molecule has 0 radical (unpaired) electrons. The molecule has 7 atom stereocenters. The Morgan fingerprint density at radius 1 is 1.37 bits per heavy atom. The molecular formula is C20H28O7. The van der Waals surface area contributed by atoms with E-state index in [1.165, 1.54) is 6.92 Å². The maximum Gasteiger partial charge on any atom is 0.334 e. The number of carbonyl (C=O) groups is 2. The second kappa shape index (κ2) is 6.72. The summed E-state index contributed by atoms with van der Waals surface area (Å²) in [6.07, 6.45) is -0.424. The highest BCUT2D eigenvalue weighted by molar-refractivity contribution is 5.91. The lowest BCUT2D eigenvalue weighted by Gasteiger charge is -2.36. The molecule has 27 heavy (non-hydrogen) atoms. The van der Waals surface area contributed by atoms with E-state index in [2.05, 4.69) is 6.58 Å². The van der Waals surface area contributed by atoms with Crippen LogP contribution in [0.1, 0.15) is 47.0 Å². The summed E-state index contributed by atoms with van der Waals surface area (Å²) in [4.78, 5) is 24.6. The third-order valence-corrected chi connectivity index (χ3v) is 6.15. The highest BCUT2D eigenvalue weighted by Gasteiger charge is 2.60. The van der Waals surface area contributed by atoms with Crippen molar-refractivity contribution in [2.24, 2.45) is 5.92 Å². The average Bonchev–Trinajstić information content (AvgIpc) is 3.11. The van der Waals surface area contributed by atoms with Crippen LogP contribution in [0.4, 0.5) is 0 Å². The Hall–Kier alpha value is -1.70. The fourth-order valence-electron chi connectivity index (χ4n) is 4.04. The maximum atomic E-state index is 12.4. The van der Waals surface area contributed by atoms with Crippen LogP contribution in [0.2, 0.25) is 0 Å². The molecule has 1 aliphatic carbocycles. The summed E-state index contributed by atoms with van der Waals surface area (Å²) in [5, 5.41) is 21.2. The van der Waals surface area contributed by atoms with Crippen molar-refractivity contribution in [1.29, 1.82) is 0 Å². The molecule has 7 nitrogen and oxygen atoms in total. The van der Waals surface area contributed by atoms with Crippen molar-refractivity contribution >= 4 is 11.9 Å². The van der Waals surface area contributed by atoms with Gasteiger partial charge < -0.3 is 24.4 Å². The van der Waals surface area contributed by atoms with Gasteiger partial charge in [-0.25, -0.2) is 9.59 Å². The second-order valence-electron chi connectivity index (χ2n) is 8.35. The standard InChI is InChI=1S/C20H28O7/c1-6-10(2)17(22)25-13-9-20(5)15(27-20)7-14(21)19(4,24)8-12-16(13)11(3)18(23)26-12/h6,12-16,21,24H,3,7-9H2,1-2,4-5H3/b10-6-/t12-,13-,14+,15-,16+,19+,20-/m1/s1. The molecule has 2 saturated heterocycles. The molecule has 3 fully saturated rings. The van der Waals surface area contributed by atoms with Gasteiger partial charge in [0, 0.05) is 30.4 Å². The fourth-order valence-corrected chi connectivity index (χ4v) is 4.04. The zero-order valence-electron chi connectivity index (χ0n) is 16.2. The number of hydrogen-bond donors (Lipinski definition) is 2. The van der Waals surface area contributed by atoms with Gasteiger partial charge in [0.2, 0.25) is 0 Å². The third kappa shape index (κ3) is 3.68. The molecule has 150 valence electrons. The number of esters is 2. The van der Waals surface area contributed by atoms with Crippen LogP contribution in [0.15, 0.2) is 23.8 Å². The highest BCUT2D eigenvalue weighted by Crippen LogP contribution is 2.49. The molecule has 3 aliphatic rings. The first kappa shape index (κ1) is 20.0. The number of epoxide rings is 1. The number of allylic oxidation sites excluding steroid dienone is 1. The van der Waals surface area contributed by atoms with Gasteiger partial charge in [0.15, 0.2) is 0 Å². The molecule has 3 rings (SSSR count). The predicted octanol–water partition coefficient (Wildman–Crippen LogP) is 1.42. The minimum absolute atomic E-state index is 0.0175. The Kier molecular flexibility index (Phi) is 4.99. The van der Waals surface area contributed by atoms with Crippen LogP contribution >= 0.6 is 0 Å². The molecule has 7 heteroatoms. The topological polar surface area (TPSA) is 106 Å². The summed E-state index contributed by atoms with van der Waals surface area (Å²) < 4.78 is 16.9. The molecule has 0 aromatic heterocycles. The molecule has 2 aliphatic heterocycles. The van der Waals surface area contributed by atoms with Gasteiger partial charge in [-0.15, -0.1) is 0 Å². The number of fused-ring (bicyclic) bond motifs is 2. The van der Waals surface area contributed by atoms with E-state index in [-0.39, 0.29) is 24.5 Å². The molecule has 0 spiro atoms. The van der Waals surface area contributed by atoms with E-state index in [0.717, 1.165) is 0 Å². The van der Waals surface area contributed by atoms with E-state index in [4.69, 9.17) is 14.2 Å². The van der Waals surface area contributed by atoms with Crippen LogP contribution < -0.4 is 0 Å². The highest BCUT2D eigenvalue weighted by atomic mass is 16.6. The maximum absolute atomic E-state index is 12.4. The van der Waals surface area contributed by atoms with E-state index >= 15 is 0 Å². The summed E-state index contributed by atoms with van der Waals surface area (Å²) in [5.74, 6) is -1.65. The summed E-state index contributed by atoms with van der Waals surface area (Å²) in [6, 6.07) is 0. The quantitative estimate of drug-likeness (QED) is 0.424. The average molecular weight is 380 g/mol. The Bertz CT molecular complexity index is 694. The van der Waals surface area contributed by atoms with Gasteiger partial charge in [-0.3, -0.25) is 0 Å². The number of rotatable bonds is 2. The first-order chi connectivity index (χ1) is 12.5. The molecule has 0 aromatic carbocycles. The number of aliphatic hydroxyl groups is 2. The number of aliphatic hydroxyl groups excluding tert-OH is 1. The summed E-state index contributed by atoms with van der Waals surface area (Å²) in [5.41, 5.74) is -1.42. The van der Waals surface area contributed by atoms with Crippen LogP contribution in [0.25, 0.3) is 0 Å². The Morgan fingerprint density at radius 3 is 2.67 bits per heavy atom. The van der Waals surface area contributed by atoms with Gasteiger partial charge >= 0.3 is 11.9 Å². The van der Waals surface area contributed by atoms with E-state index in [1.54, 1.807) is 19.9 Å². The van der Waals surface area contributed by atoms with Crippen molar-refractivity contribution in [3.05, 3.63) is 23.8 Å². The number of carbonyl (C=O) groups excluding carboxylic acids is 2. The van der Waals surface area contributed by atoms with E-state index in [9.17, 15) is 19.8 Å². The Labute approximate surface area is 159 Å². The van der Waals surface area contributed by atoms with Crippen molar-refractivity contribution in [2.75, 3.05) is 0 Å². The van der Waals surface area contributed by atoms with Crippen LogP contribution in [-0.2, 0) is 23.8 Å². The smallest absolute Gasteiger partial charge is 0.334 e. The lowest BCUT2D eigenvalue weighted by Crippen LogP contribution is -2.47. The van der Waals surface area contributed by atoms with Gasteiger partial charge in [0.25, 0.3) is 0 Å². The molecule has 0 aromatic rings. The lowest BCUT2D eigenvalue weighted by molar-refractivity contribution is -0.153.